The molecule has 0 aliphatic heterocycles. The first-order valence-electron chi connectivity index (χ1n) is 8.04. The van der Waals surface area contributed by atoms with Crippen LogP contribution in [0.15, 0.2) is 51.4 Å². The molecule has 3 rings (SSSR count). The standard InChI is InChI=1S/C19H17BrN2O5/c1-11(26-19(23)15-10-14(25-3)8-9-16(15)20)17-21-22-18(27-17)12-4-6-13(24-2)7-5-12/h4-11H,1-3H3. The van der Waals surface area contributed by atoms with Crippen LogP contribution in [0.4, 0.5) is 0 Å². The second-order valence-corrected chi connectivity index (χ2v) is 6.42. The minimum atomic E-state index is -0.713. The highest BCUT2D eigenvalue weighted by Gasteiger charge is 2.21. The van der Waals surface area contributed by atoms with Gasteiger partial charge in [-0.05, 0) is 65.3 Å². The van der Waals surface area contributed by atoms with Gasteiger partial charge in [-0.2, -0.15) is 0 Å². The van der Waals surface area contributed by atoms with E-state index < -0.39 is 12.1 Å². The summed E-state index contributed by atoms with van der Waals surface area (Å²) in [5.74, 6) is 1.28. The minimum absolute atomic E-state index is 0.202. The monoisotopic (exact) mass is 432 g/mol. The van der Waals surface area contributed by atoms with Gasteiger partial charge in [-0.15, -0.1) is 10.2 Å². The molecule has 1 aromatic heterocycles. The van der Waals surface area contributed by atoms with Gasteiger partial charge < -0.3 is 18.6 Å². The molecule has 27 heavy (non-hydrogen) atoms. The molecular formula is C19H17BrN2O5. The molecule has 0 fully saturated rings. The van der Waals surface area contributed by atoms with E-state index in [4.69, 9.17) is 18.6 Å². The molecule has 1 atom stereocenters. The van der Waals surface area contributed by atoms with Gasteiger partial charge in [0.25, 0.3) is 5.89 Å². The Balaban J connectivity index is 1.74. The fourth-order valence-electron chi connectivity index (χ4n) is 2.31. The average Bonchev–Trinajstić information content (AvgIpc) is 3.18. The summed E-state index contributed by atoms with van der Waals surface area (Å²) >= 11 is 3.33. The maximum absolute atomic E-state index is 12.5. The molecule has 0 spiro atoms. The van der Waals surface area contributed by atoms with Gasteiger partial charge in [0.1, 0.15) is 11.5 Å². The lowest BCUT2D eigenvalue weighted by atomic mass is 10.2. The number of carbonyl (C=O) groups is 1. The van der Waals surface area contributed by atoms with Crippen LogP contribution in [0, 0.1) is 0 Å². The SMILES string of the molecule is COc1ccc(-c2nnc(C(C)OC(=O)c3cc(OC)ccc3Br)o2)cc1. The Morgan fingerprint density at radius 2 is 1.70 bits per heavy atom. The number of nitrogens with zero attached hydrogens (tertiary/aromatic N) is 2. The van der Waals surface area contributed by atoms with E-state index in [0.29, 0.717) is 21.7 Å². The number of benzene rings is 2. The zero-order chi connectivity index (χ0) is 19.4. The van der Waals surface area contributed by atoms with Crippen molar-refractivity contribution in [3.8, 4) is 23.0 Å². The maximum Gasteiger partial charge on any atom is 0.340 e. The predicted octanol–water partition coefficient (Wildman–Crippen LogP) is 4.43. The number of esters is 1. The molecule has 3 aromatic rings. The molecule has 1 heterocycles. The average molecular weight is 433 g/mol. The molecule has 0 saturated heterocycles. The first kappa shape index (κ1) is 18.9. The van der Waals surface area contributed by atoms with Gasteiger partial charge in [-0.3, -0.25) is 0 Å². The number of halogens is 1. The Morgan fingerprint density at radius 1 is 1.04 bits per heavy atom. The molecule has 0 aliphatic carbocycles. The molecule has 0 aliphatic rings. The molecule has 0 amide bonds. The van der Waals surface area contributed by atoms with Crippen LogP contribution in [0.3, 0.4) is 0 Å². The van der Waals surface area contributed by atoms with E-state index in [-0.39, 0.29) is 5.89 Å². The van der Waals surface area contributed by atoms with Crippen molar-refractivity contribution in [2.75, 3.05) is 14.2 Å². The lowest BCUT2D eigenvalue weighted by Gasteiger charge is -2.11. The third-order valence-electron chi connectivity index (χ3n) is 3.80. The van der Waals surface area contributed by atoms with E-state index in [1.54, 1.807) is 56.5 Å². The highest BCUT2D eigenvalue weighted by molar-refractivity contribution is 9.10. The van der Waals surface area contributed by atoms with E-state index in [1.807, 2.05) is 0 Å². The zero-order valence-electron chi connectivity index (χ0n) is 14.9. The highest BCUT2D eigenvalue weighted by Crippen LogP contribution is 2.27. The molecule has 0 saturated carbocycles. The van der Waals surface area contributed by atoms with Crippen LogP contribution in [0.5, 0.6) is 11.5 Å². The number of carbonyl (C=O) groups excluding carboxylic acids is 1. The summed E-state index contributed by atoms with van der Waals surface area (Å²) in [5.41, 5.74) is 1.08. The predicted molar refractivity (Wildman–Crippen MR) is 101 cm³/mol. The van der Waals surface area contributed by atoms with Crippen LogP contribution < -0.4 is 9.47 Å². The second-order valence-electron chi connectivity index (χ2n) is 5.57. The van der Waals surface area contributed by atoms with Gasteiger partial charge in [0.2, 0.25) is 5.89 Å². The van der Waals surface area contributed by atoms with Crippen LogP contribution in [-0.4, -0.2) is 30.4 Å². The van der Waals surface area contributed by atoms with Crippen LogP contribution in [0.25, 0.3) is 11.5 Å². The Morgan fingerprint density at radius 3 is 2.37 bits per heavy atom. The van der Waals surface area contributed by atoms with Crippen molar-refractivity contribution in [2.24, 2.45) is 0 Å². The van der Waals surface area contributed by atoms with Crippen molar-refractivity contribution in [1.29, 1.82) is 0 Å². The van der Waals surface area contributed by atoms with Gasteiger partial charge in [-0.1, -0.05) is 0 Å². The van der Waals surface area contributed by atoms with E-state index in [1.165, 1.54) is 7.11 Å². The van der Waals surface area contributed by atoms with Crippen molar-refractivity contribution >= 4 is 21.9 Å². The molecule has 140 valence electrons. The summed E-state index contributed by atoms with van der Waals surface area (Å²) in [6.45, 7) is 1.66. The van der Waals surface area contributed by atoms with Crippen LogP contribution >= 0.6 is 15.9 Å². The number of aromatic nitrogens is 2. The summed E-state index contributed by atoms with van der Waals surface area (Å²) < 4.78 is 22.0. The van der Waals surface area contributed by atoms with Crippen molar-refractivity contribution in [3.05, 3.63) is 58.4 Å². The van der Waals surface area contributed by atoms with Crippen molar-refractivity contribution in [1.82, 2.24) is 10.2 Å². The van der Waals surface area contributed by atoms with Crippen molar-refractivity contribution in [2.45, 2.75) is 13.0 Å². The van der Waals surface area contributed by atoms with Gasteiger partial charge in [0, 0.05) is 10.0 Å². The largest absolute Gasteiger partial charge is 0.497 e. The third kappa shape index (κ3) is 4.28. The van der Waals surface area contributed by atoms with E-state index in [9.17, 15) is 4.79 Å². The number of methoxy groups -OCH3 is 2. The second kappa shape index (κ2) is 8.22. The lowest BCUT2D eigenvalue weighted by Crippen LogP contribution is -2.10. The Labute approximate surface area is 164 Å². The lowest BCUT2D eigenvalue weighted by molar-refractivity contribution is 0.0278. The minimum Gasteiger partial charge on any atom is -0.497 e. The van der Waals surface area contributed by atoms with Crippen LogP contribution in [0.2, 0.25) is 0 Å². The molecule has 0 radical (unpaired) electrons. The number of ether oxygens (including phenoxy) is 3. The number of hydrogen-bond acceptors (Lipinski definition) is 7. The molecular weight excluding hydrogens is 416 g/mol. The molecule has 7 nitrogen and oxygen atoms in total. The topological polar surface area (TPSA) is 83.7 Å². The quantitative estimate of drug-likeness (QED) is 0.532. The summed E-state index contributed by atoms with van der Waals surface area (Å²) in [6, 6.07) is 12.3. The zero-order valence-corrected chi connectivity index (χ0v) is 16.5. The first-order chi connectivity index (χ1) is 13.0. The molecule has 2 aromatic carbocycles. The van der Waals surface area contributed by atoms with Gasteiger partial charge in [0.05, 0.1) is 19.8 Å². The smallest absolute Gasteiger partial charge is 0.340 e. The summed E-state index contributed by atoms with van der Waals surface area (Å²) in [4.78, 5) is 12.5. The van der Waals surface area contributed by atoms with Crippen LogP contribution in [-0.2, 0) is 4.74 Å². The van der Waals surface area contributed by atoms with Gasteiger partial charge >= 0.3 is 5.97 Å². The third-order valence-corrected chi connectivity index (χ3v) is 4.49. The van der Waals surface area contributed by atoms with E-state index >= 15 is 0 Å². The fraction of sp³-hybridized carbons (Fsp3) is 0.211. The van der Waals surface area contributed by atoms with Crippen LogP contribution in [0.1, 0.15) is 29.3 Å². The van der Waals surface area contributed by atoms with E-state index in [0.717, 1.165) is 11.3 Å². The van der Waals surface area contributed by atoms with Crippen molar-refractivity contribution in [3.63, 3.8) is 0 Å². The number of rotatable bonds is 6. The maximum atomic E-state index is 12.5. The molecule has 1 unspecified atom stereocenters. The highest BCUT2D eigenvalue weighted by atomic mass is 79.9. The molecule has 0 N–H and O–H groups in total. The Hall–Kier alpha value is -2.87. The van der Waals surface area contributed by atoms with Gasteiger partial charge in [-0.25, -0.2) is 4.79 Å². The first-order valence-corrected chi connectivity index (χ1v) is 8.83. The summed E-state index contributed by atoms with van der Waals surface area (Å²) in [6.07, 6.45) is -0.713. The van der Waals surface area contributed by atoms with E-state index in [2.05, 4.69) is 26.1 Å². The summed E-state index contributed by atoms with van der Waals surface area (Å²) in [7, 11) is 3.12. The Bertz CT molecular complexity index is 940. The Kier molecular flexibility index (Phi) is 5.75. The summed E-state index contributed by atoms with van der Waals surface area (Å²) in [5, 5.41) is 7.99. The number of hydrogen-bond donors (Lipinski definition) is 0. The fourth-order valence-corrected chi connectivity index (χ4v) is 2.72. The molecule has 0 bridgehead atoms. The molecule has 8 heteroatoms. The van der Waals surface area contributed by atoms with Crippen molar-refractivity contribution < 1.29 is 23.4 Å². The van der Waals surface area contributed by atoms with Gasteiger partial charge in [0.15, 0.2) is 6.10 Å². The normalized spacial score (nSPS) is 11.7.